The zero-order chi connectivity index (χ0) is 17.4. The summed E-state index contributed by atoms with van der Waals surface area (Å²) in [5.41, 5.74) is 1.52. The summed E-state index contributed by atoms with van der Waals surface area (Å²) < 4.78 is 0. The van der Waals surface area contributed by atoms with E-state index in [9.17, 15) is 9.59 Å². The second-order valence-corrected chi connectivity index (χ2v) is 6.24. The van der Waals surface area contributed by atoms with Gasteiger partial charge in [-0.05, 0) is 50.2 Å². The Labute approximate surface area is 145 Å². The molecule has 1 fully saturated rings. The molecule has 132 valence electrons. The Bertz CT molecular complexity index is 542. The number of rotatable bonds is 9. The lowest BCUT2D eigenvalue weighted by atomic mass is 10.2. The van der Waals surface area contributed by atoms with Crippen molar-refractivity contribution in [1.82, 2.24) is 10.2 Å². The van der Waals surface area contributed by atoms with Gasteiger partial charge in [-0.3, -0.25) is 9.59 Å². The van der Waals surface area contributed by atoms with Crippen molar-refractivity contribution in [2.45, 2.75) is 39.5 Å². The number of benzene rings is 1. The molecule has 0 saturated carbocycles. The van der Waals surface area contributed by atoms with E-state index in [1.165, 1.54) is 12.8 Å². The molecule has 2 rings (SSSR count). The van der Waals surface area contributed by atoms with Crippen LogP contribution < -0.4 is 10.2 Å². The molecule has 1 aliphatic rings. The molecule has 2 amide bonds. The molecule has 1 aliphatic heterocycles. The molecule has 5 heteroatoms. The van der Waals surface area contributed by atoms with Crippen molar-refractivity contribution in [1.29, 1.82) is 0 Å². The van der Waals surface area contributed by atoms with Gasteiger partial charge in [0.1, 0.15) is 0 Å². The first-order valence-corrected chi connectivity index (χ1v) is 9.06. The van der Waals surface area contributed by atoms with Crippen LogP contribution in [0.1, 0.15) is 49.9 Å². The number of unbranched alkanes of at least 4 members (excludes halogenated alkanes) is 1. The predicted molar refractivity (Wildman–Crippen MR) is 97.4 cm³/mol. The lowest BCUT2D eigenvalue weighted by molar-refractivity contribution is -0.117. The second kappa shape index (κ2) is 9.42. The van der Waals surface area contributed by atoms with Crippen LogP contribution >= 0.6 is 0 Å². The number of hydrogen-bond donors (Lipinski definition) is 1. The van der Waals surface area contributed by atoms with Crippen LogP contribution in [0.3, 0.4) is 0 Å². The van der Waals surface area contributed by atoms with Crippen molar-refractivity contribution in [2.24, 2.45) is 0 Å². The van der Waals surface area contributed by atoms with Gasteiger partial charge in [0.05, 0.1) is 0 Å². The number of hydrogen-bond acceptors (Lipinski definition) is 3. The minimum absolute atomic E-state index is 0.0548. The summed E-state index contributed by atoms with van der Waals surface area (Å²) in [6, 6.07) is 7.31. The fourth-order valence-electron chi connectivity index (χ4n) is 2.95. The molecule has 5 nitrogen and oxygen atoms in total. The zero-order valence-corrected chi connectivity index (χ0v) is 14.9. The molecule has 0 atom stereocenters. The Morgan fingerprint density at radius 2 is 1.96 bits per heavy atom. The Kier molecular flexibility index (Phi) is 7.25. The summed E-state index contributed by atoms with van der Waals surface area (Å²) >= 11 is 0. The molecule has 1 saturated heterocycles. The maximum absolute atomic E-state index is 12.2. The third kappa shape index (κ3) is 5.06. The van der Waals surface area contributed by atoms with Crippen molar-refractivity contribution in [2.75, 3.05) is 37.6 Å². The second-order valence-electron chi connectivity index (χ2n) is 6.24. The van der Waals surface area contributed by atoms with Crippen LogP contribution in [0.5, 0.6) is 0 Å². The minimum atomic E-state index is -0.0548. The molecule has 0 spiro atoms. The molecule has 24 heavy (non-hydrogen) atoms. The van der Waals surface area contributed by atoms with Crippen LogP contribution in [0.4, 0.5) is 5.69 Å². The molecule has 1 aromatic rings. The Hall–Kier alpha value is -1.88. The van der Waals surface area contributed by atoms with Gasteiger partial charge in [-0.25, -0.2) is 0 Å². The Morgan fingerprint density at radius 3 is 2.54 bits per heavy atom. The fourth-order valence-corrected chi connectivity index (χ4v) is 2.95. The summed E-state index contributed by atoms with van der Waals surface area (Å²) in [4.78, 5) is 28.1. The highest BCUT2D eigenvalue weighted by Gasteiger charge is 2.21. The average molecular weight is 331 g/mol. The Balaban J connectivity index is 1.81. The standard InChI is InChI=1S/C19H29N3O2/c1-3-5-13-21(4-2)15-12-20-19(24)16-8-10-17(11-9-16)22-14-6-7-18(22)23/h8-11H,3-7,12-15H2,1-2H3,(H,20,24). The molecule has 1 N–H and O–H groups in total. The van der Waals surface area contributed by atoms with E-state index in [-0.39, 0.29) is 11.8 Å². The zero-order valence-electron chi connectivity index (χ0n) is 14.9. The lowest BCUT2D eigenvalue weighted by Gasteiger charge is -2.20. The van der Waals surface area contributed by atoms with Crippen molar-refractivity contribution in [3.8, 4) is 0 Å². The molecule has 0 aromatic heterocycles. The van der Waals surface area contributed by atoms with E-state index >= 15 is 0 Å². The molecule has 1 aromatic carbocycles. The van der Waals surface area contributed by atoms with Gasteiger partial charge in [-0.1, -0.05) is 20.3 Å². The third-order valence-electron chi connectivity index (χ3n) is 4.50. The number of carbonyl (C=O) groups is 2. The first kappa shape index (κ1) is 18.5. The predicted octanol–water partition coefficient (Wildman–Crippen LogP) is 2.67. The lowest BCUT2D eigenvalue weighted by Crippen LogP contribution is -2.35. The highest BCUT2D eigenvalue weighted by Crippen LogP contribution is 2.21. The summed E-state index contributed by atoms with van der Waals surface area (Å²) in [6.45, 7) is 8.74. The van der Waals surface area contributed by atoms with Gasteiger partial charge < -0.3 is 15.1 Å². The van der Waals surface area contributed by atoms with Crippen molar-refractivity contribution >= 4 is 17.5 Å². The van der Waals surface area contributed by atoms with Gasteiger partial charge in [0.15, 0.2) is 0 Å². The summed E-state index contributed by atoms with van der Waals surface area (Å²) in [6.07, 6.45) is 3.91. The van der Waals surface area contributed by atoms with Gasteiger partial charge in [0.2, 0.25) is 5.91 Å². The van der Waals surface area contributed by atoms with Gasteiger partial charge in [0, 0.05) is 37.3 Å². The van der Waals surface area contributed by atoms with Crippen LogP contribution in [-0.4, -0.2) is 49.4 Å². The number of nitrogens with zero attached hydrogens (tertiary/aromatic N) is 2. The van der Waals surface area contributed by atoms with Gasteiger partial charge in [-0.15, -0.1) is 0 Å². The molecule has 0 radical (unpaired) electrons. The number of nitrogens with one attached hydrogen (secondary N) is 1. The molecular formula is C19H29N3O2. The van der Waals surface area contributed by atoms with E-state index in [0.29, 0.717) is 18.5 Å². The van der Waals surface area contributed by atoms with Crippen LogP contribution in [0.2, 0.25) is 0 Å². The van der Waals surface area contributed by atoms with Crippen molar-refractivity contribution in [3.63, 3.8) is 0 Å². The van der Waals surface area contributed by atoms with Crippen LogP contribution in [-0.2, 0) is 4.79 Å². The summed E-state index contributed by atoms with van der Waals surface area (Å²) in [7, 11) is 0. The minimum Gasteiger partial charge on any atom is -0.351 e. The summed E-state index contributed by atoms with van der Waals surface area (Å²) in [5, 5.41) is 2.98. The summed E-state index contributed by atoms with van der Waals surface area (Å²) in [5.74, 6) is 0.111. The molecule has 0 unspecified atom stereocenters. The van der Waals surface area contributed by atoms with Gasteiger partial charge in [0.25, 0.3) is 5.91 Å². The molecule has 0 bridgehead atoms. The smallest absolute Gasteiger partial charge is 0.251 e. The van der Waals surface area contributed by atoms with Gasteiger partial charge in [-0.2, -0.15) is 0 Å². The first-order valence-electron chi connectivity index (χ1n) is 9.06. The van der Waals surface area contributed by atoms with E-state index in [1.54, 1.807) is 17.0 Å². The maximum atomic E-state index is 12.2. The van der Waals surface area contributed by atoms with E-state index < -0.39 is 0 Å². The SMILES string of the molecule is CCCCN(CC)CCNC(=O)c1ccc(N2CCCC2=O)cc1. The monoisotopic (exact) mass is 331 g/mol. The van der Waals surface area contributed by atoms with E-state index in [2.05, 4.69) is 24.1 Å². The number of anilines is 1. The van der Waals surface area contributed by atoms with Crippen molar-refractivity contribution < 1.29 is 9.59 Å². The van der Waals surface area contributed by atoms with E-state index in [4.69, 9.17) is 0 Å². The normalized spacial score (nSPS) is 14.5. The maximum Gasteiger partial charge on any atom is 0.251 e. The first-order chi connectivity index (χ1) is 11.7. The van der Waals surface area contributed by atoms with E-state index in [0.717, 1.165) is 38.3 Å². The fraction of sp³-hybridized carbons (Fsp3) is 0.579. The quantitative estimate of drug-likeness (QED) is 0.757. The highest BCUT2D eigenvalue weighted by molar-refractivity contribution is 5.97. The van der Waals surface area contributed by atoms with E-state index in [1.807, 2.05) is 12.1 Å². The molecule has 0 aliphatic carbocycles. The van der Waals surface area contributed by atoms with Crippen LogP contribution in [0.25, 0.3) is 0 Å². The largest absolute Gasteiger partial charge is 0.351 e. The number of carbonyl (C=O) groups excluding carboxylic acids is 2. The third-order valence-corrected chi connectivity index (χ3v) is 4.50. The van der Waals surface area contributed by atoms with Crippen LogP contribution in [0, 0.1) is 0 Å². The number of likely N-dealkylation sites (N-methyl/N-ethyl adjacent to an activating group) is 1. The highest BCUT2D eigenvalue weighted by atomic mass is 16.2. The van der Waals surface area contributed by atoms with Gasteiger partial charge >= 0.3 is 0 Å². The van der Waals surface area contributed by atoms with Crippen molar-refractivity contribution in [3.05, 3.63) is 29.8 Å². The van der Waals surface area contributed by atoms with Crippen LogP contribution in [0.15, 0.2) is 24.3 Å². The average Bonchev–Trinajstić information content (AvgIpc) is 3.04. The topological polar surface area (TPSA) is 52.7 Å². The molecule has 1 heterocycles. The Morgan fingerprint density at radius 1 is 1.21 bits per heavy atom. The molecular weight excluding hydrogens is 302 g/mol. The number of amides is 2.